The summed E-state index contributed by atoms with van der Waals surface area (Å²) in [6, 6.07) is 1.30. The van der Waals surface area contributed by atoms with Crippen LogP contribution in [0.25, 0.3) is 0 Å². The molecule has 0 bridgehead atoms. The van der Waals surface area contributed by atoms with Crippen LogP contribution in [0.1, 0.15) is 26.4 Å². The molecule has 6 nitrogen and oxygen atoms in total. The molecule has 2 heterocycles. The molecule has 0 spiro atoms. The Kier molecular flexibility index (Phi) is 3.96. The molecule has 2 aromatic heterocycles. The molecule has 1 amide bonds. The summed E-state index contributed by atoms with van der Waals surface area (Å²) in [4.78, 5) is 29.7. The van der Waals surface area contributed by atoms with Gasteiger partial charge in [0.05, 0.1) is 16.3 Å². The first-order valence-electron chi connectivity index (χ1n) is 5.44. The summed E-state index contributed by atoms with van der Waals surface area (Å²) in [5, 5.41) is 11.8. The third kappa shape index (κ3) is 2.76. The minimum atomic E-state index is -1.14. The van der Waals surface area contributed by atoms with Crippen LogP contribution in [-0.4, -0.2) is 27.0 Å². The van der Waals surface area contributed by atoms with E-state index in [2.05, 4.69) is 15.3 Å². The van der Waals surface area contributed by atoms with E-state index in [1.165, 1.54) is 18.5 Å². The van der Waals surface area contributed by atoms with Crippen LogP contribution >= 0.6 is 23.2 Å². The Morgan fingerprint density at radius 2 is 2.10 bits per heavy atom. The number of pyridine rings is 1. The zero-order valence-corrected chi connectivity index (χ0v) is 11.7. The quantitative estimate of drug-likeness (QED) is 0.759. The Labute approximate surface area is 123 Å². The van der Waals surface area contributed by atoms with E-state index in [4.69, 9.17) is 28.3 Å². The van der Waals surface area contributed by atoms with Crippen molar-refractivity contribution in [1.82, 2.24) is 9.97 Å². The molecule has 20 heavy (non-hydrogen) atoms. The Morgan fingerprint density at radius 3 is 2.75 bits per heavy atom. The van der Waals surface area contributed by atoms with Crippen LogP contribution in [0.4, 0.5) is 5.69 Å². The number of H-pyrrole nitrogens is 1. The summed E-state index contributed by atoms with van der Waals surface area (Å²) in [6.45, 7) is 1.59. The van der Waals surface area contributed by atoms with Gasteiger partial charge in [-0.1, -0.05) is 23.2 Å². The first kappa shape index (κ1) is 14.4. The number of aromatic amines is 1. The zero-order chi connectivity index (χ0) is 14.9. The number of carboxylic acid groups (broad SMARTS) is 1. The lowest BCUT2D eigenvalue weighted by Gasteiger charge is -2.06. The summed E-state index contributed by atoms with van der Waals surface area (Å²) in [7, 11) is 0. The lowest BCUT2D eigenvalue weighted by Crippen LogP contribution is -2.14. The highest BCUT2D eigenvalue weighted by Crippen LogP contribution is 2.23. The molecule has 2 rings (SSSR count). The Balaban J connectivity index is 2.33. The predicted molar refractivity (Wildman–Crippen MR) is 74.7 cm³/mol. The Hall–Kier alpha value is -2.05. The normalized spacial score (nSPS) is 10.3. The van der Waals surface area contributed by atoms with Gasteiger partial charge >= 0.3 is 5.97 Å². The maximum Gasteiger partial charge on any atom is 0.339 e. The maximum atomic E-state index is 12.1. The van der Waals surface area contributed by atoms with Crippen molar-refractivity contribution < 1.29 is 14.7 Å². The number of anilines is 1. The molecule has 0 radical (unpaired) electrons. The zero-order valence-electron chi connectivity index (χ0n) is 10.2. The summed E-state index contributed by atoms with van der Waals surface area (Å²) in [5.41, 5.74) is 0.701. The minimum Gasteiger partial charge on any atom is -0.478 e. The van der Waals surface area contributed by atoms with Crippen molar-refractivity contribution in [1.29, 1.82) is 0 Å². The van der Waals surface area contributed by atoms with Crippen molar-refractivity contribution in [2.75, 3.05) is 5.32 Å². The van der Waals surface area contributed by atoms with E-state index in [-0.39, 0.29) is 27.0 Å². The largest absolute Gasteiger partial charge is 0.478 e. The first-order valence-corrected chi connectivity index (χ1v) is 6.19. The molecule has 3 N–H and O–H groups in total. The third-order valence-corrected chi connectivity index (χ3v) is 3.11. The summed E-state index contributed by atoms with van der Waals surface area (Å²) in [6.07, 6.45) is 2.65. The highest BCUT2D eigenvalue weighted by molar-refractivity contribution is 6.35. The van der Waals surface area contributed by atoms with E-state index in [9.17, 15) is 9.59 Å². The number of aryl methyl sites for hydroxylation is 1. The maximum absolute atomic E-state index is 12.1. The van der Waals surface area contributed by atoms with Crippen LogP contribution < -0.4 is 5.32 Å². The summed E-state index contributed by atoms with van der Waals surface area (Å²) in [5.74, 6) is -1.71. The van der Waals surface area contributed by atoms with Crippen molar-refractivity contribution in [3.8, 4) is 0 Å². The number of aromatic carboxylic acids is 1. The molecule has 0 fully saturated rings. The van der Waals surface area contributed by atoms with Gasteiger partial charge in [-0.25, -0.2) is 9.78 Å². The standard InChI is InChI=1S/C12H9Cl2N3O3/c1-5-10(12(19)20)8(4-15-5)17-11(18)6-2-9(14)16-3-7(6)13/h2-4,15H,1H3,(H,17,18)(H,19,20). The highest BCUT2D eigenvalue weighted by Gasteiger charge is 2.19. The number of carbonyl (C=O) groups excluding carboxylic acids is 1. The number of rotatable bonds is 3. The van der Waals surface area contributed by atoms with Crippen LogP contribution in [0, 0.1) is 6.92 Å². The lowest BCUT2D eigenvalue weighted by atomic mass is 10.2. The van der Waals surface area contributed by atoms with Crippen LogP contribution in [-0.2, 0) is 0 Å². The summed E-state index contributed by atoms with van der Waals surface area (Å²) >= 11 is 11.6. The van der Waals surface area contributed by atoms with Crippen molar-refractivity contribution >= 4 is 40.8 Å². The molecule has 0 saturated heterocycles. The van der Waals surface area contributed by atoms with Gasteiger partial charge in [0.1, 0.15) is 10.7 Å². The van der Waals surface area contributed by atoms with Crippen molar-refractivity contribution in [3.05, 3.63) is 45.5 Å². The number of carboxylic acids is 1. The van der Waals surface area contributed by atoms with Gasteiger partial charge in [0, 0.05) is 18.1 Å². The molecule has 0 atom stereocenters. The smallest absolute Gasteiger partial charge is 0.339 e. The van der Waals surface area contributed by atoms with Gasteiger partial charge in [0.15, 0.2) is 0 Å². The average Bonchev–Trinajstić information content (AvgIpc) is 2.73. The molecule has 0 saturated carbocycles. The fourth-order valence-corrected chi connectivity index (χ4v) is 2.02. The average molecular weight is 314 g/mol. The second-order valence-corrected chi connectivity index (χ2v) is 4.74. The van der Waals surface area contributed by atoms with E-state index in [0.29, 0.717) is 5.69 Å². The molecule has 0 aliphatic carbocycles. The van der Waals surface area contributed by atoms with Crippen molar-refractivity contribution in [2.45, 2.75) is 6.92 Å². The fourth-order valence-electron chi connectivity index (χ4n) is 1.68. The number of amides is 1. The molecule has 0 aromatic carbocycles. The number of hydrogen-bond acceptors (Lipinski definition) is 3. The van der Waals surface area contributed by atoms with E-state index >= 15 is 0 Å². The van der Waals surface area contributed by atoms with Gasteiger partial charge in [-0.15, -0.1) is 0 Å². The van der Waals surface area contributed by atoms with Crippen LogP contribution in [0.2, 0.25) is 10.2 Å². The molecular weight excluding hydrogens is 305 g/mol. The number of halogens is 2. The van der Waals surface area contributed by atoms with Crippen molar-refractivity contribution in [2.24, 2.45) is 0 Å². The fraction of sp³-hybridized carbons (Fsp3) is 0.0833. The van der Waals surface area contributed by atoms with Crippen LogP contribution in [0.15, 0.2) is 18.5 Å². The van der Waals surface area contributed by atoms with Gasteiger partial charge in [-0.05, 0) is 13.0 Å². The Morgan fingerprint density at radius 1 is 1.40 bits per heavy atom. The van der Waals surface area contributed by atoms with Gasteiger partial charge in [0.2, 0.25) is 0 Å². The topological polar surface area (TPSA) is 95.1 Å². The number of nitrogens with zero attached hydrogens (tertiary/aromatic N) is 1. The van der Waals surface area contributed by atoms with Gasteiger partial charge in [-0.2, -0.15) is 0 Å². The van der Waals surface area contributed by atoms with E-state index in [0.717, 1.165) is 0 Å². The SMILES string of the molecule is Cc1[nH]cc(NC(=O)c2cc(Cl)ncc2Cl)c1C(=O)O. The third-order valence-electron chi connectivity index (χ3n) is 2.61. The molecule has 104 valence electrons. The van der Waals surface area contributed by atoms with Crippen LogP contribution in [0.3, 0.4) is 0 Å². The molecule has 0 aliphatic rings. The molecule has 8 heteroatoms. The molecule has 2 aromatic rings. The number of aromatic nitrogens is 2. The monoisotopic (exact) mass is 313 g/mol. The molecule has 0 aliphatic heterocycles. The highest BCUT2D eigenvalue weighted by atomic mass is 35.5. The van der Waals surface area contributed by atoms with E-state index < -0.39 is 11.9 Å². The molecule has 0 unspecified atom stereocenters. The minimum absolute atomic E-state index is 0.00498. The van der Waals surface area contributed by atoms with Crippen molar-refractivity contribution in [3.63, 3.8) is 0 Å². The second-order valence-electron chi connectivity index (χ2n) is 3.95. The van der Waals surface area contributed by atoms with Gasteiger partial charge < -0.3 is 15.4 Å². The number of hydrogen-bond donors (Lipinski definition) is 3. The predicted octanol–water partition coefficient (Wildman–Crippen LogP) is 2.98. The van der Waals surface area contributed by atoms with Gasteiger partial charge in [0.25, 0.3) is 5.91 Å². The van der Waals surface area contributed by atoms with Gasteiger partial charge in [-0.3, -0.25) is 4.79 Å². The van der Waals surface area contributed by atoms with Crippen LogP contribution in [0.5, 0.6) is 0 Å². The van der Waals surface area contributed by atoms with E-state index in [1.807, 2.05) is 0 Å². The first-order chi connectivity index (χ1) is 9.40. The van der Waals surface area contributed by atoms with E-state index in [1.54, 1.807) is 6.92 Å². The molecular formula is C12H9Cl2N3O3. The number of carbonyl (C=O) groups is 2. The Bertz CT molecular complexity index is 697. The second kappa shape index (κ2) is 5.52. The lowest BCUT2D eigenvalue weighted by molar-refractivity contribution is 0.0697. The summed E-state index contributed by atoms with van der Waals surface area (Å²) < 4.78 is 0. The number of nitrogens with one attached hydrogen (secondary N) is 2.